The Hall–Kier alpha value is -2.58. The molecule has 148 valence electrons. The summed E-state index contributed by atoms with van der Waals surface area (Å²) in [5.41, 5.74) is 1.85. The fraction of sp³-hybridized carbons (Fsp3) is 0.350. The molecule has 1 atom stereocenters. The van der Waals surface area contributed by atoms with E-state index >= 15 is 0 Å². The van der Waals surface area contributed by atoms with E-state index in [4.69, 9.17) is 0 Å². The number of hydrogen-bond donors (Lipinski definition) is 3. The Labute approximate surface area is 168 Å². The van der Waals surface area contributed by atoms with Gasteiger partial charge in [-0.15, -0.1) is 10.2 Å². The lowest BCUT2D eigenvalue weighted by molar-refractivity contribution is 0.187. The van der Waals surface area contributed by atoms with Gasteiger partial charge in [0.2, 0.25) is 0 Å². The van der Waals surface area contributed by atoms with Gasteiger partial charge in [-0.1, -0.05) is 43.8 Å². The third-order valence-electron chi connectivity index (χ3n) is 4.12. The molecule has 3 rings (SSSR count). The zero-order valence-electron chi connectivity index (χ0n) is 16.2. The van der Waals surface area contributed by atoms with Gasteiger partial charge in [0.15, 0.2) is 5.65 Å². The van der Waals surface area contributed by atoms with Crippen molar-refractivity contribution in [3.63, 3.8) is 0 Å². The Kier molecular flexibility index (Phi) is 6.53. The highest BCUT2D eigenvalue weighted by Gasteiger charge is 2.11. The van der Waals surface area contributed by atoms with E-state index in [0.717, 1.165) is 26.8 Å². The van der Waals surface area contributed by atoms with Crippen LogP contribution in [-0.4, -0.2) is 38.4 Å². The molecule has 3 N–H and O–H groups in total. The summed E-state index contributed by atoms with van der Waals surface area (Å²) in [4.78, 5) is 14.0. The maximum absolute atomic E-state index is 11.9. The number of aromatic nitrogens is 3. The average molecular weight is 400 g/mol. The lowest BCUT2D eigenvalue weighted by Gasteiger charge is -2.12. The molecule has 0 fully saturated rings. The number of rotatable bonds is 7. The average Bonchev–Trinajstić information content (AvgIpc) is 3.09. The number of urea groups is 1. The molecule has 0 radical (unpaired) electrons. The Bertz CT molecular complexity index is 955. The van der Waals surface area contributed by atoms with Crippen LogP contribution in [0.1, 0.15) is 38.1 Å². The van der Waals surface area contributed by atoms with Crippen LogP contribution in [0.15, 0.2) is 52.4 Å². The number of carbonyl (C=O) groups excluding carboxylic acids is 1. The summed E-state index contributed by atoms with van der Waals surface area (Å²) in [7, 11) is 0. The molecule has 0 saturated carbocycles. The van der Waals surface area contributed by atoms with E-state index in [0.29, 0.717) is 6.54 Å². The van der Waals surface area contributed by atoms with Crippen LogP contribution in [0.4, 0.5) is 4.79 Å². The van der Waals surface area contributed by atoms with Gasteiger partial charge in [-0.25, -0.2) is 4.79 Å². The van der Waals surface area contributed by atoms with Crippen molar-refractivity contribution in [3.8, 4) is 0 Å². The number of carbonyl (C=O) groups is 1. The van der Waals surface area contributed by atoms with E-state index in [1.54, 1.807) is 18.7 Å². The van der Waals surface area contributed by atoms with Crippen LogP contribution in [0, 0.1) is 0 Å². The molecule has 2 heterocycles. The van der Waals surface area contributed by atoms with Crippen LogP contribution in [0.3, 0.4) is 0 Å². The number of pyridine rings is 1. The monoisotopic (exact) mass is 399 g/mol. The summed E-state index contributed by atoms with van der Waals surface area (Å²) >= 11 is 1.63. The van der Waals surface area contributed by atoms with Crippen molar-refractivity contribution in [2.24, 2.45) is 0 Å². The van der Waals surface area contributed by atoms with Crippen molar-refractivity contribution in [1.82, 2.24) is 25.2 Å². The smallest absolute Gasteiger partial charge is 0.315 e. The minimum Gasteiger partial charge on any atom is -0.392 e. The number of nitrogens with one attached hydrogen (secondary N) is 2. The first kappa shape index (κ1) is 20.2. The van der Waals surface area contributed by atoms with Crippen LogP contribution in [0.5, 0.6) is 0 Å². The number of aliphatic hydroxyl groups excluding tert-OH is 1. The van der Waals surface area contributed by atoms with Crippen LogP contribution in [0.25, 0.3) is 5.65 Å². The first-order chi connectivity index (χ1) is 13.4. The number of fused-ring (bicyclic) bond motifs is 1. The Morgan fingerprint density at radius 1 is 1.14 bits per heavy atom. The van der Waals surface area contributed by atoms with Gasteiger partial charge >= 0.3 is 6.03 Å². The van der Waals surface area contributed by atoms with E-state index in [9.17, 15) is 9.90 Å². The number of benzene rings is 1. The molecule has 8 heteroatoms. The molecule has 7 nitrogen and oxygen atoms in total. The summed E-state index contributed by atoms with van der Waals surface area (Å²) in [5.74, 6) is 1.22. The maximum atomic E-state index is 11.9. The molecule has 0 aliphatic rings. The van der Waals surface area contributed by atoms with Crippen LogP contribution in [-0.2, 0) is 6.54 Å². The van der Waals surface area contributed by atoms with Crippen LogP contribution >= 0.6 is 11.8 Å². The highest BCUT2D eigenvalue weighted by Crippen LogP contribution is 2.31. The largest absolute Gasteiger partial charge is 0.392 e. The first-order valence-electron chi connectivity index (χ1n) is 9.24. The van der Waals surface area contributed by atoms with Crippen molar-refractivity contribution in [2.45, 2.75) is 49.1 Å². The summed E-state index contributed by atoms with van der Waals surface area (Å²) in [6, 6.07) is 11.7. The minimum absolute atomic E-state index is 0.222. The molecule has 0 spiro atoms. The van der Waals surface area contributed by atoms with E-state index in [1.807, 2.05) is 40.8 Å². The molecular formula is C20H25N5O2S. The van der Waals surface area contributed by atoms with E-state index in [-0.39, 0.29) is 18.5 Å². The fourth-order valence-corrected chi connectivity index (χ4v) is 3.66. The van der Waals surface area contributed by atoms with E-state index in [2.05, 4.69) is 40.9 Å². The van der Waals surface area contributed by atoms with Gasteiger partial charge in [0.1, 0.15) is 5.82 Å². The summed E-state index contributed by atoms with van der Waals surface area (Å²) in [5, 5.41) is 23.2. The number of aliphatic hydroxyl groups is 1. The van der Waals surface area contributed by atoms with Gasteiger partial charge in [-0.2, -0.15) is 0 Å². The highest BCUT2D eigenvalue weighted by molar-refractivity contribution is 7.99. The van der Waals surface area contributed by atoms with Gasteiger partial charge in [0, 0.05) is 35.0 Å². The predicted molar refractivity (Wildman–Crippen MR) is 110 cm³/mol. The standard InChI is InChI=1S/C20H25N5O2S/c1-13(2)19-24-23-18-9-8-16(12-25(18)19)28-17-7-5-4-6-15(17)11-22-20(27)21-10-14(3)26/h4-9,12-14,26H,10-11H2,1-3H3,(H2,21,22,27). The molecule has 1 aromatic carbocycles. The van der Waals surface area contributed by atoms with Crippen molar-refractivity contribution < 1.29 is 9.90 Å². The Morgan fingerprint density at radius 2 is 1.93 bits per heavy atom. The molecule has 0 aliphatic carbocycles. The molecule has 0 bridgehead atoms. The second kappa shape index (κ2) is 9.07. The molecule has 0 aliphatic heterocycles. The van der Waals surface area contributed by atoms with Gasteiger partial charge in [0.05, 0.1) is 6.10 Å². The van der Waals surface area contributed by atoms with Crippen LogP contribution < -0.4 is 10.6 Å². The third-order valence-corrected chi connectivity index (χ3v) is 5.21. The number of hydrogen-bond acceptors (Lipinski definition) is 5. The van der Waals surface area contributed by atoms with E-state index < -0.39 is 6.10 Å². The SMILES string of the molecule is CC(O)CNC(=O)NCc1ccccc1Sc1ccc2nnc(C(C)C)n2c1. The van der Waals surface area contributed by atoms with Gasteiger partial charge < -0.3 is 15.7 Å². The summed E-state index contributed by atoms with van der Waals surface area (Å²) in [6.45, 7) is 6.45. The quantitative estimate of drug-likeness (QED) is 0.568. The lowest BCUT2D eigenvalue weighted by Crippen LogP contribution is -2.38. The Morgan fingerprint density at radius 3 is 2.68 bits per heavy atom. The minimum atomic E-state index is -0.572. The second-order valence-electron chi connectivity index (χ2n) is 6.93. The zero-order chi connectivity index (χ0) is 20.1. The number of amides is 2. The molecular weight excluding hydrogens is 374 g/mol. The molecule has 28 heavy (non-hydrogen) atoms. The lowest BCUT2D eigenvalue weighted by atomic mass is 10.2. The van der Waals surface area contributed by atoms with E-state index in [1.165, 1.54) is 0 Å². The topological polar surface area (TPSA) is 91.5 Å². The van der Waals surface area contributed by atoms with Crippen molar-refractivity contribution >= 4 is 23.4 Å². The molecule has 2 amide bonds. The normalized spacial score (nSPS) is 12.3. The van der Waals surface area contributed by atoms with Crippen molar-refractivity contribution in [3.05, 3.63) is 54.0 Å². The van der Waals surface area contributed by atoms with Crippen molar-refractivity contribution in [2.75, 3.05) is 6.54 Å². The maximum Gasteiger partial charge on any atom is 0.315 e. The number of nitrogens with zero attached hydrogens (tertiary/aromatic N) is 3. The van der Waals surface area contributed by atoms with Gasteiger partial charge in [-0.3, -0.25) is 4.40 Å². The first-order valence-corrected chi connectivity index (χ1v) is 10.1. The fourth-order valence-electron chi connectivity index (χ4n) is 2.70. The van der Waals surface area contributed by atoms with Crippen LogP contribution in [0.2, 0.25) is 0 Å². The zero-order valence-corrected chi connectivity index (χ0v) is 17.0. The van der Waals surface area contributed by atoms with Gasteiger partial charge in [-0.05, 0) is 30.7 Å². The predicted octanol–water partition coefficient (Wildman–Crippen LogP) is 3.18. The second-order valence-corrected chi connectivity index (χ2v) is 8.04. The van der Waals surface area contributed by atoms with Gasteiger partial charge in [0.25, 0.3) is 0 Å². The molecule has 1 unspecified atom stereocenters. The Balaban J connectivity index is 1.73. The summed E-state index contributed by atoms with van der Waals surface area (Å²) < 4.78 is 2.03. The summed E-state index contributed by atoms with van der Waals surface area (Å²) in [6.07, 6.45) is 1.48. The molecule has 2 aromatic heterocycles. The molecule has 3 aromatic rings. The molecule has 0 saturated heterocycles. The third kappa shape index (κ3) is 5.02. The highest BCUT2D eigenvalue weighted by atomic mass is 32.2. The van der Waals surface area contributed by atoms with Crippen molar-refractivity contribution in [1.29, 1.82) is 0 Å².